The minimum atomic E-state index is 0. The Morgan fingerprint density at radius 2 is 2.00 bits per heavy atom. The lowest BCUT2D eigenvalue weighted by Crippen LogP contribution is -2.49. The van der Waals surface area contributed by atoms with Crippen molar-refractivity contribution >= 4 is 29.9 Å². The van der Waals surface area contributed by atoms with E-state index >= 15 is 0 Å². The Labute approximate surface area is 176 Å². The van der Waals surface area contributed by atoms with E-state index in [1.165, 1.54) is 44.5 Å². The van der Waals surface area contributed by atoms with Gasteiger partial charge in [-0.05, 0) is 50.8 Å². The molecule has 1 aromatic rings. The molecule has 0 radical (unpaired) electrons. The molecule has 0 amide bonds. The van der Waals surface area contributed by atoms with Crippen molar-refractivity contribution in [3.05, 3.63) is 29.8 Å². The fourth-order valence-electron chi connectivity index (χ4n) is 3.18. The van der Waals surface area contributed by atoms with E-state index < -0.39 is 0 Å². The third kappa shape index (κ3) is 8.12. The van der Waals surface area contributed by atoms with Crippen LogP contribution in [0.2, 0.25) is 0 Å². The summed E-state index contributed by atoms with van der Waals surface area (Å²) in [5.41, 5.74) is 1.18. The lowest BCUT2D eigenvalue weighted by atomic mass is 10.1. The molecule has 1 aliphatic heterocycles. The lowest BCUT2D eigenvalue weighted by Gasteiger charge is -2.32. The maximum absolute atomic E-state index is 5.83. The molecule has 0 aromatic heterocycles. The van der Waals surface area contributed by atoms with Crippen LogP contribution in [0.3, 0.4) is 0 Å². The first-order chi connectivity index (χ1) is 12.2. The third-order valence-electron chi connectivity index (χ3n) is 4.66. The molecule has 26 heavy (non-hydrogen) atoms. The molecule has 0 unspecified atom stereocenters. The fraction of sp³-hybridized carbons (Fsp3) is 0.650. The predicted octanol–water partition coefficient (Wildman–Crippen LogP) is 3.42. The number of aliphatic imine (C=N–C) groups is 1. The fourth-order valence-corrected chi connectivity index (χ4v) is 3.18. The number of guanidine groups is 1. The normalized spacial score (nSPS) is 16.0. The molecule has 2 N–H and O–H groups in total. The van der Waals surface area contributed by atoms with Gasteiger partial charge in [-0.2, -0.15) is 0 Å². The van der Waals surface area contributed by atoms with Gasteiger partial charge >= 0.3 is 0 Å². The highest BCUT2D eigenvalue weighted by molar-refractivity contribution is 14.0. The monoisotopic (exact) mass is 474 g/mol. The molecular weight excluding hydrogens is 439 g/mol. The van der Waals surface area contributed by atoms with Gasteiger partial charge < -0.3 is 20.3 Å². The second-order valence-electron chi connectivity index (χ2n) is 6.73. The number of nitrogens with one attached hydrogen (secondary N) is 2. The summed E-state index contributed by atoms with van der Waals surface area (Å²) >= 11 is 0. The van der Waals surface area contributed by atoms with Crippen molar-refractivity contribution in [3.8, 4) is 5.75 Å². The number of benzene rings is 1. The first-order valence-electron chi connectivity index (χ1n) is 9.61. The van der Waals surface area contributed by atoms with Crippen LogP contribution in [0.4, 0.5) is 0 Å². The van der Waals surface area contributed by atoms with Gasteiger partial charge in [-0.3, -0.25) is 4.99 Å². The highest BCUT2D eigenvalue weighted by Crippen LogP contribution is 2.16. The van der Waals surface area contributed by atoms with Gasteiger partial charge in [-0.1, -0.05) is 25.1 Å². The molecule has 1 saturated heterocycles. The van der Waals surface area contributed by atoms with Crippen molar-refractivity contribution in [1.29, 1.82) is 0 Å². The Hall–Kier alpha value is -1.02. The number of nitrogens with zero attached hydrogens (tertiary/aromatic N) is 2. The van der Waals surface area contributed by atoms with Crippen LogP contribution in [-0.4, -0.2) is 56.7 Å². The number of likely N-dealkylation sites (tertiary alicyclic amines) is 1. The van der Waals surface area contributed by atoms with E-state index in [0.29, 0.717) is 12.6 Å². The van der Waals surface area contributed by atoms with Crippen LogP contribution in [0.25, 0.3) is 0 Å². The number of aryl methyl sites for hydroxylation is 1. The van der Waals surface area contributed by atoms with E-state index in [4.69, 9.17) is 4.74 Å². The molecule has 0 bridgehead atoms. The molecule has 148 valence electrons. The van der Waals surface area contributed by atoms with Gasteiger partial charge in [0.2, 0.25) is 0 Å². The van der Waals surface area contributed by atoms with Crippen LogP contribution in [0, 0.1) is 6.92 Å². The lowest BCUT2D eigenvalue weighted by molar-refractivity contribution is 0.206. The van der Waals surface area contributed by atoms with Gasteiger partial charge in [0.1, 0.15) is 5.75 Å². The second-order valence-corrected chi connectivity index (χ2v) is 6.73. The molecule has 1 aromatic carbocycles. The van der Waals surface area contributed by atoms with Gasteiger partial charge in [0.25, 0.3) is 0 Å². The summed E-state index contributed by atoms with van der Waals surface area (Å²) in [4.78, 5) is 6.90. The van der Waals surface area contributed by atoms with Crippen molar-refractivity contribution in [2.45, 2.75) is 45.6 Å². The highest BCUT2D eigenvalue weighted by Gasteiger charge is 2.19. The Bertz CT molecular complexity index is 530. The summed E-state index contributed by atoms with van der Waals surface area (Å²) in [7, 11) is 1.84. The zero-order valence-electron chi connectivity index (χ0n) is 16.5. The molecule has 2 rings (SSSR count). The molecule has 0 saturated carbocycles. The van der Waals surface area contributed by atoms with Crippen LogP contribution in [0.5, 0.6) is 5.75 Å². The largest absolute Gasteiger partial charge is 0.493 e. The first kappa shape index (κ1) is 23.0. The van der Waals surface area contributed by atoms with Crippen molar-refractivity contribution in [2.75, 3.05) is 39.8 Å². The van der Waals surface area contributed by atoms with Gasteiger partial charge in [-0.25, -0.2) is 0 Å². The molecular formula is C20H35IN4O. The third-order valence-corrected chi connectivity index (χ3v) is 4.66. The van der Waals surface area contributed by atoms with E-state index in [-0.39, 0.29) is 24.0 Å². The van der Waals surface area contributed by atoms with Crippen LogP contribution in [-0.2, 0) is 0 Å². The zero-order chi connectivity index (χ0) is 17.9. The van der Waals surface area contributed by atoms with Crippen LogP contribution >= 0.6 is 24.0 Å². The molecule has 1 heterocycles. The molecule has 1 aliphatic rings. The quantitative estimate of drug-likeness (QED) is 0.263. The molecule has 6 heteroatoms. The number of ether oxygens (including phenoxy) is 1. The maximum Gasteiger partial charge on any atom is 0.191 e. The number of rotatable bonds is 8. The summed E-state index contributed by atoms with van der Waals surface area (Å²) in [5.74, 6) is 1.88. The number of para-hydroxylation sites is 1. The molecule has 0 spiro atoms. The molecule has 0 atom stereocenters. The molecule has 5 nitrogen and oxygen atoms in total. The van der Waals surface area contributed by atoms with E-state index in [1.54, 1.807) is 0 Å². The predicted molar refractivity (Wildman–Crippen MR) is 121 cm³/mol. The summed E-state index contributed by atoms with van der Waals surface area (Å²) in [5, 5.41) is 6.96. The second kappa shape index (κ2) is 13.2. The van der Waals surface area contributed by atoms with Crippen molar-refractivity contribution in [2.24, 2.45) is 4.99 Å². The number of halogens is 1. The number of hydrogen-bond acceptors (Lipinski definition) is 3. The average Bonchev–Trinajstić information content (AvgIpc) is 2.63. The van der Waals surface area contributed by atoms with Crippen LogP contribution in [0.1, 0.15) is 38.2 Å². The maximum atomic E-state index is 5.83. The Balaban J connectivity index is 0.00000338. The topological polar surface area (TPSA) is 48.9 Å². The van der Waals surface area contributed by atoms with Crippen molar-refractivity contribution in [1.82, 2.24) is 15.5 Å². The minimum absolute atomic E-state index is 0. The van der Waals surface area contributed by atoms with Gasteiger partial charge in [0, 0.05) is 32.7 Å². The smallest absolute Gasteiger partial charge is 0.191 e. The van der Waals surface area contributed by atoms with Gasteiger partial charge in [0.15, 0.2) is 5.96 Å². The Morgan fingerprint density at radius 1 is 1.27 bits per heavy atom. The first-order valence-corrected chi connectivity index (χ1v) is 9.61. The van der Waals surface area contributed by atoms with E-state index in [0.717, 1.165) is 24.7 Å². The van der Waals surface area contributed by atoms with Gasteiger partial charge in [-0.15, -0.1) is 24.0 Å². The SMILES string of the molecule is CCCN1CCC(NC(=NC)NCCCOc2ccccc2C)CC1.I. The number of hydrogen-bond donors (Lipinski definition) is 2. The number of piperidine rings is 1. The van der Waals surface area contributed by atoms with Crippen LogP contribution in [0.15, 0.2) is 29.3 Å². The molecule has 1 fully saturated rings. The highest BCUT2D eigenvalue weighted by atomic mass is 127. The minimum Gasteiger partial charge on any atom is -0.493 e. The summed E-state index contributed by atoms with van der Waals surface area (Å²) in [6.45, 7) is 9.49. The zero-order valence-corrected chi connectivity index (χ0v) is 18.8. The van der Waals surface area contributed by atoms with E-state index in [2.05, 4.69) is 40.4 Å². The van der Waals surface area contributed by atoms with E-state index in [9.17, 15) is 0 Å². The Morgan fingerprint density at radius 3 is 2.65 bits per heavy atom. The van der Waals surface area contributed by atoms with Gasteiger partial charge in [0.05, 0.1) is 6.61 Å². The summed E-state index contributed by atoms with van der Waals surface area (Å²) in [6.07, 6.45) is 4.57. The Kier molecular flexibility index (Phi) is 11.7. The van der Waals surface area contributed by atoms with Crippen LogP contribution < -0.4 is 15.4 Å². The van der Waals surface area contributed by atoms with Crippen molar-refractivity contribution in [3.63, 3.8) is 0 Å². The van der Waals surface area contributed by atoms with Crippen molar-refractivity contribution < 1.29 is 4.74 Å². The molecule has 0 aliphatic carbocycles. The standard InChI is InChI=1S/C20H34N4O.HI/c1-4-13-24-14-10-18(11-15-24)23-20(21-3)22-12-7-16-25-19-9-6-5-8-17(19)2;/h5-6,8-9,18H,4,7,10-16H2,1-3H3,(H2,21,22,23);1H. The summed E-state index contributed by atoms with van der Waals surface area (Å²) in [6, 6.07) is 8.67. The average molecular weight is 474 g/mol. The van der Waals surface area contributed by atoms with E-state index in [1.807, 2.05) is 25.2 Å². The summed E-state index contributed by atoms with van der Waals surface area (Å²) < 4.78 is 5.83.